The van der Waals surface area contributed by atoms with Crippen molar-refractivity contribution in [2.24, 2.45) is 0 Å². The summed E-state index contributed by atoms with van der Waals surface area (Å²) in [5, 5.41) is 10.5. The van der Waals surface area contributed by atoms with Gasteiger partial charge in [0.2, 0.25) is 0 Å². The maximum absolute atomic E-state index is 4.27. The summed E-state index contributed by atoms with van der Waals surface area (Å²) >= 11 is 11.1. The van der Waals surface area contributed by atoms with Crippen LogP contribution in [0.5, 0.6) is 0 Å². The van der Waals surface area contributed by atoms with E-state index in [0.29, 0.717) is 4.83 Å². The van der Waals surface area contributed by atoms with Crippen molar-refractivity contribution in [3.05, 3.63) is 31.2 Å². The second kappa shape index (κ2) is 6.08. The smallest absolute Gasteiger partial charge is 0.142 e. The molecule has 0 spiro atoms. The van der Waals surface area contributed by atoms with Crippen LogP contribution >= 0.6 is 65.8 Å². The second-order valence-corrected chi connectivity index (χ2v) is 7.64. The Morgan fingerprint density at radius 3 is 2.88 bits per heavy atom. The van der Waals surface area contributed by atoms with Crippen LogP contribution in [0.2, 0.25) is 0 Å². The Balaban J connectivity index is 2.40. The summed E-state index contributed by atoms with van der Waals surface area (Å²) in [6.45, 7) is 2.13. The highest BCUT2D eigenvalue weighted by Crippen LogP contribution is 2.35. The van der Waals surface area contributed by atoms with E-state index in [9.17, 15) is 0 Å². The van der Waals surface area contributed by atoms with Gasteiger partial charge in [-0.25, -0.2) is 0 Å². The van der Waals surface area contributed by atoms with Crippen molar-refractivity contribution in [1.29, 1.82) is 0 Å². The van der Waals surface area contributed by atoms with E-state index in [1.165, 1.54) is 3.57 Å². The van der Waals surface area contributed by atoms with Gasteiger partial charge in [0.1, 0.15) is 10.0 Å². The second-order valence-electron chi connectivity index (χ2n) is 3.45. The molecule has 17 heavy (non-hydrogen) atoms. The van der Waals surface area contributed by atoms with E-state index in [2.05, 4.69) is 83.7 Å². The fourth-order valence-electron chi connectivity index (χ4n) is 1.31. The summed E-state index contributed by atoms with van der Waals surface area (Å²) in [4.78, 5) is 0.304. The lowest BCUT2D eigenvalue weighted by atomic mass is 10.2. The first-order chi connectivity index (χ1) is 8.11. The molecule has 0 amide bonds. The molecule has 0 radical (unpaired) electrons. The Hall–Kier alpha value is 0.470. The summed E-state index contributed by atoms with van der Waals surface area (Å²) in [5.41, 5.74) is 1.14. The number of hydrogen-bond donors (Lipinski definition) is 0. The molecule has 0 saturated heterocycles. The van der Waals surface area contributed by atoms with Gasteiger partial charge in [-0.05, 0) is 47.2 Å². The van der Waals surface area contributed by atoms with Crippen LogP contribution in [0.15, 0.2) is 22.7 Å². The zero-order valence-corrected chi connectivity index (χ0v) is 15.1. The molecule has 0 N–H and O–H groups in total. The van der Waals surface area contributed by atoms with E-state index in [4.69, 9.17) is 0 Å². The number of hydrogen-bond acceptors (Lipinski definition) is 3. The molecule has 0 aliphatic rings. The maximum Gasteiger partial charge on any atom is 0.148 e. The molecule has 1 unspecified atom stereocenters. The highest BCUT2D eigenvalue weighted by molar-refractivity contribution is 14.1. The highest BCUT2D eigenvalue weighted by Gasteiger charge is 2.14. The minimum Gasteiger partial charge on any atom is -0.142 e. The van der Waals surface area contributed by atoms with Crippen molar-refractivity contribution in [2.75, 3.05) is 0 Å². The first-order valence-electron chi connectivity index (χ1n) is 5.04. The quantitative estimate of drug-likeness (QED) is 0.427. The molecule has 90 valence electrons. The number of rotatable bonds is 3. The van der Waals surface area contributed by atoms with Crippen molar-refractivity contribution in [1.82, 2.24) is 10.2 Å². The van der Waals surface area contributed by atoms with Crippen LogP contribution in [-0.2, 0) is 0 Å². The van der Waals surface area contributed by atoms with Gasteiger partial charge >= 0.3 is 0 Å². The van der Waals surface area contributed by atoms with Crippen LogP contribution in [0.25, 0.3) is 10.6 Å². The van der Waals surface area contributed by atoms with Crippen LogP contribution in [0, 0.1) is 3.57 Å². The van der Waals surface area contributed by atoms with E-state index in [0.717, 1.165) is 26.5 Å². The van der Waals surface area contributed by atoms with Crippen LogP contribution < -0.4 is 0 Å². The van der Waals surface area contributed by atoms with Crippen molar-refractivity contribution in [3.63, 3.8) is 0 Å². The topological polar surface area (TPSA) is 25.8 Å². The lowest BCUT2D eigenvalue weighted by molar-refractivity contribution is 0.870. The molecule has 2 aromatic rings. The normalized spacial score (nSPS) is 12.7. The van der Waals surface area contributed by atoms with Gasteiger partial charge in [0.25, 0.3) is 0 Å². The number of aromatic nitrogens is 2. The Labute approximate surface area is 135 Å². The average molecular weight is 488 g/mol. The standard InChI is InChI=1S/C11H9Br2IN2S/c1-2-8(13)11-16-15-10(17-11)7-5-6(12)3-4-9(7)14/h3-5,8H,2H2,1H3. The molecular formula is C11H9Br2IN2S. The molecule has 1 heterocycles. The van der Waals surface area contributed by atoms with E-state index >= 15 is 0 Å². The van der Waals surface area contributed by atoms with Crippen LogP contribution in [-0.4, -0.2) is 10.2 Å². The van der Waals surface area contributed by atoms with Gasteiger partial charge in [-0.2, -0.15) is 0 Å². The van der Waals surface area contributed by atoms with Gasteiger partial charge in [0.05, 0.1) is 4.83 Å². The number of halogens is 3. The molecule has 2 nitrogen and oxygen atoms in total. The summed E-state index contributed by atoms with van der Waals surface area (Å²) < 4.78 is 2.26. The van der Waals surface area contributed by atoms with Crippen LogP contribution in [0.3, 0.4) is 0 Å². The molecule has 0 bridgehead atoms. The van der Waals surface area contributed by atoms with Gasteiger partial charge in [-0.15, -0.1) is 10.2 Å². The first-order valence-corrected chi connectivity index (χ1v) is 8.65. The Morgan fingerprint density at radius 2 is 2.18 bits per heavy atom. The van der Waals surface area contributed by atoms with E-state index in [1.54, 1.807) is 11.3 Å². The molecule has 0 aliphatic carbocycles. The molecule has 1 aromatic carbocycles. The molecule has 1 aromatic heterocycles. The summed E-state index contributed by atoms with van der Waals surface area (Å²) in [5.74, 6) is 0. The zero-order chi connectivity index (χ0) is 12.4. The van der Waals surface area contributed by atoms with Gasteiger partial charge in [0, 0.05) is 13.6 Å². The van der Waals surface area contributed by atoms with Gasteiger partial charge in [0.15, 0.2) is 0 Å². The monoisotopic (exact) mass is 486 g/mol. The van der Waals surface area contributed by atoms with Gasteiger partial charge in [-0.3, -0.25) is 0 Å². The van der Waals surface area contributed by atoms with Crippen molar-refractivity contribution < 1.29 is 0 Å². The largest absolute Gasteiger partial charge is 0.148 e. The zero-order valence-electron chi connectivity index (χ0n) is 8.95. The third kappa shape index (κ3) is 3.27. The van der Waals surface area contributed by atoms with E-state index in [-0.39, 0.29) is 0 Å². The van der Waals surface area contributed by atoms with Crippen LogP contribution in [0.1, 0.15) is 23.2 Å². The molecule has 2 rings (SSSR count). The maximum atomic E-state index is 4.27. The Bertz CT molecular complexity index is 530. The van der Waals surface area contributed by atoms with Crippen molar-refractivity contribution >= 4 is 65.8 Å². The SMILES string of the molecule is CCC(Br)c1nnc(-c2cc(Br)ccc2I)s1. The lowest BCUT2D eigenvalue weighted by Gasteiger charge is -2.01. The third-order valence-electron chi connectivity index (χ3n) is 2.23. The Kier molecular flexibility index (Phi) is 4.96. The molecule has 6 heteroatoms. The number of benzene rings is 1. The molecule has 1 atom stereocenters. The lowest BCUT2D eigenvalue weighted by Crippen LogP contribution is -1.85. The minimum absolute atomic E-state index is 0.304. The Morgan fingerprint density at radius 1 is 1.41 bits per heavy atom. The number of alkyl halides is 1. The predicted octanol–water partition coefficient (Wildman–Crippen LogP) is 5.42. The fraction of sp³-hybridized carbons (Fsp3) is 0.273. The molecular weight excluding hydrogens is 479 g/mol. The highest BCUT2D eigenvalue weighted by atomic mass is 127. The average Bonchev–Trinajstić information content (AvgIpc) is 2.80. The van der Waals surface area contributed by atoms with E-state index in [1.807, 2.05) is 6.07 Å². The van der Waals surface area contributed by atoms with Crippen LogP contribution in [0.4, 0.5) is 0 Å². The third-order valence-corrected chi connectivity index (χ3v) is 6.11. The summed E-state index contributed by atoms with van der Waals surface area (Å²) in [6, 6.07) is 6.19. The number of nitrogens with zero attached hydrogens (tertiary/aromatic N) is 2. The van der Waals surface area contributed by atoms with Gasteiger partial charge in [-0.1, -0.05) is 50.1 Å². The predicted molar refractivity (Wildman–Crippen MR) is 87.7 cm³/mol. The molecule has 0 saturated carbocycles. The minimum atomic E-state index is 0.304. The summed E-state index contributed by atoms with van der Waals surface area (Å²) in [6.07, 6.45) is 1.02. The van der Waals surface area contributed by atoms with Crippen molar-refractivity contribution in [3.8, 4) is 10.6 Å². The summed E-state index contributed by atoms with van der Waals surface area (Å²) in [7, 11) is 0. The molecule has 0 fully saturated rings. The first kappa shape index (κ1) is 13.9. The van der Waals surface area contributed by atoms with Crippen molar-refractivity contribution in [2.45, 2.75) is 18.2 Å². The fourth-order valence-corrected chi connectivity index (χ4v) is 3.75. The van der Waals surface area contributed by atoms with Gasteiger partial charge < -0.3 is 0 Å². The molecule has 0 aliphatic heterocycles. The van der Waals surface area contributed by atoms with E-state index < -0.39 is 0 Å².